The predicted octanol–water partition coefficient (Wildman–Crippen LogP) is 0.732. The van der Waals surface area contributed by atoms with E-state index in [1.807, 2.05) is 22.6 Å². The van der Waals surface area contributed by atoms with E-state index < -0.39 is 31.4 Å². The predicted molar refractivity (Wildman–Crippen MR) is 104 cm³/mol. The van der Waals surface area contributed by atoms with Gasteiger partial charge in [0.15, 0.2) is 27.0 Å². The van der Waals surface area contributed by atoms with E-state index in [1.54, 1.807) is 4.57 Å². The van der Waals surface area contributed by atoms with Crippen molar-refractivity contribution in [2.24, 2.45) is 0 Å². The number of nitrogens with zero attached hydrogens (tertiary/aromatic N) is 4. The lowest BCUT2D eigenvalue weighted by atomic mass is 10.1. The Kier molecular flexibility index (Phi) is 4.91. The Morgan fingerprint density at radius 1 is 1.38 bits per heavy atom. The molecule has 0 radical (unpaired) electrons. The maximum absolute atomic E-state index is 10.5. The minimum atomic E-state index is -1.23. The molecule has 1 unspecified atom stereocenters. The summed E-state index contributed by atoms with van der Waals surface area (Å²) < 4.78 is 8.19. The first-order valence-electron chi connectivity index (χ1n) is 7.52. The van der Waals surface area contributed by atoms with Crippen molar-refractivity contribution < 1.29 is 14.9 Å². The van der Waals surface area contributed by atoms with Gasteiger partial charge in [0.2, 0.25) is 0 Å². The number of halogens is 1. The summed E-state index contributed by atoms with van der Waals surface area (Å²) in [5, 5.41) is 20.8. The molecule has 8 nitrogen and oxygen atoms in total. The monoisotopic (exact) mass is 465 g/mol. The Hall–Kier alpha value is -0.740. The maximum atomic E-state index is 10.5. The molecule has 0 saturated carbocycles. The van der Waals surface area contributed by atoms with Crippen LogP contribution in [0.4, 0.5) is 5.82 Å². The van der Waals surface area contributed by atoms with Gasteiger partial charge in [0, 0.05) is 22.6 Å². The summed E-state index contributed by atoms with van der Waals surface area (Å²) in [6.45, 7) is 3.04. The standard InChI is InChI=1S/C14H21IN5O3P/c1-24(2,3)5-4-7-9(21)10(22)13(23-7)20-12-8(19-14(20)15)11(16)17-6-18-12/h6-7,9-10,13,21-22H,1,4-5H2,2-3H3,(H2,16,17,18)/t7-,9-,10-,13?/m1/s1. The molecule has 0 spiro atoms. The minimum absolute atomic E-state index is 0.268. The number of nitrogens with two attached hydrogens (primary N) is 1. The molecule has 24 heavy (non-hydrogen) atoms. The van der Waals surface area contributed by atoms with Crippen LogP contribution in [0.1, 0.15) is 12.6 Å². The number of aromatic nitrogens is 4. The lowest BCUT2D eigenvalue weighted by Gasteiger charge is -2.19. The number of hydrogen-bond donors (Lipinski definition) is 3. The summed E-state index contributed by atoms with van der Waals surface area (Å²) in [5.74, 6) is 0.268. The van der Waals surface area contributed by atoms with Crippen molar-refractivity contribution >= 4 is 52.8 Å². The molecular formula is C14H21IN5O3P. The van der Waals surface area contributed by atoms with Crippen molar-refractivity contribution in [2.45, 2.75) is 31.0 Å². The molecule has 3 heterocycles. The molecule has 2 aromatic heterocycles. The first kappa shape index (κ1) is 18.1. The number of ether oxygens (including phenoxy) is 1. The van der Waals surface area contributed by atoms with E-state index in [0.717, 1.165) is 6.16 Å². The number of hydrogen-bond acceptors (Lipinski definition) is 7. The fraction of sp³-hybridized carbons (Fsp3) is 0.571. The second-order valence-electron chi connectivity index (χ2n) is 6.68. The van der Waals surface area contributed by atoms with Crippen LogP contribution in [0.25, 0.3) is 11.2 Å². The molecule has 1 aliphatic rings. The van der Waals surface area contributed by atoms with Crippen molar-refractivity contribution in [2.75, 3.05) is 25.2 Å². The molecule has 10 heteroatoms. The molecule has 4 N–H and O–H groups in total. The summed E-state index contributed by atoms with van der Waals surface area (Å²) in [6.07, 6.45) is 3.81. The fourth-order valence-corrected chi connectivity index (χ4v) is 4.48. The van der Waals surface area contributed by atoms with Crippen LogP contribution < -0.4 is 5.73 Å². The average molecular weight is 465 g/mol. The van der Waals surface area contributed by atoms with Gasteiger partial charge in [-0.15, -0.1) is 13.2 Å². The number of imidazole rings is 1. The molecule has 3 rings (SSSR count). The molecule has 0 amide bonds. The molecule has 0 aliphatic carbocycles. The summed E-state index contributed by atoms with van der Waals surface area (Å²) in [4.78, 5) is 12.5. The first-order valence-corrected chi connectivity index (χ1v) is 11.6. The van der Waals surface area contributed by atoms with E-state index >= 15 is 0 Å². The molecule has 4 atom stereocenters. The van der Waals surface area contributed by atoms with Gasteiger partial charge in [-0.05, 0) is 25.9 Å². The second kappa shape index (κ2) is 6.53. The summed E-state index contributed by atoms with van der Waals surface area (Å²) in [5.41, 5.74) is 6.77. The van der Waals surface area contributed by atoms with E-state index in [-0.39, 0.29) is 5.82 Å². The number of aliphatic hydroxyl groups is 2. The van der Waals surface area contributed by atoms with Gasteiger partial charge in [-0.25, -0.2) is 15.0 Å². The third-order valence-electron chi connectivity index (χ3n) is 4.07. The zero-order chi connectivity index (χ0) is 17.6. The van der Waals surface area contributed by atoms with Gasteiger partial charge in [0.05, 0.1) is 6.10 Å². The second-order valence-corrected chi connectivity index (χ2v) is 12.0. The summed E-state index contributed by atoms with van der Waals surface area (Å²) in [7, 11) is 0. The largest absolute Gasteiger partial charge is 0.388 e. The molecule has 132 valence electrons. The van der Waals surface area contributed by atoms with Gasteiger partial charge in [-0.1, -0.05) is 0 Å². The summed E-state index contributed by atoms with van der Waals surface area (Å²) >= 11 is 2.03. The lowest BCUT2D eigenvalue weighted by Crippen LogP contribution is -2.32. The van der Waals surface area contributed by atoms with Crippen molar-refractivity contribution in [1.82, 2.24) is 19.5 Å². The number of aliphatic hydroxyl groups excluding tert-OH is 2. The van der Waals surface area contributed by atoms with Crippen LogP contribution in [0.15, 0.2) is 6.33 Å². The van der Waals surface area contributed by atoms with E-state index in [2.05, 4.69) is 34.6 Å². The van der Waals surface area contributed by atoms with Crippen molar-refractivity contribution in [3.8, 4) is 0 Å². The van der Waals surface area contributed by atoms with Crippen LogP contribution in [0.2, 0.25) is 0 Å². The molecule has 1 saturated heterocycles. The molecular weight excluding hydrogens is 444 g/mol. The Morgan fingerprint density at radius 2 is 2.08 bits per heavy atom. The van der Waals surface area contributed by atoms with Gasteiger partial charge in [0.1, 0.15) is 18.5 Å². The Morgan fingerprint density at radius 3 is 2.75 bits per heavy atom. The lowest BCUT2D eigenvalue weighted by molar-refractivity contribution is -0.0367. The minimum Gasteiger partial charge on any atom is -0.388 e. The van der Waals surface area contributed by atoms with Gasteiger partial charge >= 0.3 is 0 Å². The van der Waals surface area contributed by atoms with E-state index in [9.17, 15) is 10.2 Å². The van der Waals surface area contributed by atoms with Crippen molar-refractivity contribution in [3.05, 3.63) is 10.2 Å². The van der Waals surface area contributed by atoms with E-state index in [4.69, 9.17) is 10.5 Å². The smallest absolute Gasteiger partial charge is 0.175 e. The van der Waals surface area contributed by atoms with Crippen molar-refractivity contribution in [3.63, 3.8) is 0 Å². The number of rotatable bonds is 4. The van der Waals surface area contributed by atoms with Gasteiger partial charge in [-0.2, -0.15) is 0 Å². The van der Waals surface area contributed by atoms with E-state index in [0.29, 0.717) is 21.4 Å². The maximum Gasteiger partial charge on any atom is 0.175 e. The number of fused-ring (bicyclic) bond motifs is 1. The highest BCUT2D eigenvalue weighted by Crippen LogP contribution is 2.40. The van der Waals surface area contributed by atoms with Gasteiger partial charge in [0.25, 0.3) is 0 Å². The highest BCUT2D eigenvalue weighted by atomic mass is 127. The van der Waals surface area contributed by atoms with Crippen LogP contribution in [0.3, 0.4) is 0 Å². The van der Waals surface area contributed by atoms with Crippen LogP contribution in [-0.2, 0) is 4.74 Å². The normalized spacial score (nSPS) is 27.9. The van der Waals surface area contributed by atoms with Crippen molar-refractivity contribution in [1.29, 1.82) is 0 Å². The van der Waals surface area contributed by atoms with Crippen LogP contribution in [-0.4, -0.2) is 73.8 Å². The highest BCUT2D eigenvalue weighted by molar-refractivity contribution is 14.1. The third kappa shape index (κ3) is 3.32. The third-order valence-corrected chi connectivity index (χ3v) is 6.30. The van der Waals surface area contributed by atoms with Gasteiger partial charge in [-0.3, -0.25) is 4.57 Å². The average Bonchev–Trinajstić information content (AvgIpc) is 2.96. The SMILES string of the molecule is C=P(C)(C)CC[C@H]1OC(n2c(I)nc3c(N)ncnc32)[C@H](O)[C@@H]1O. The zero-order valence-corrected chi connectivity index (χ0v) is 16.6. The quantitative estimate of drug-likeness (QED) is 0.346. The molecule has 1 fully saturated rings. The van der Waals surface area contributed by atoms with E-state index in [1.165, 1.54) is 6.33 Å². The Balaban J connectivity index is 1.92. The topological polar surface area (TPSA) is 119 Å². The number of anilines is 1. The fourth-order valence-electron chi connectivity index (χ4n) is 2.78. The van der Waals surface area contributed by atoms with Crippen LogP contribution in [0.5, 0.6) is 0 Å². The Bertz CT molecular complexity index is 807. The molecule has 0 bridgehead atoms. The van der Waals surface area contributed by atoms with Gasteiger partial charge < -0.3 is 20.7 Å². The van der Waals surface area contributed by atoms with Crippen LogP contribution in [0, 0.1) is 3.83 Å². The zero-order valence-electron chi connectivity index (χ0n) is 13.5. The first-order chi connectivity index (χ1) is 11.2. The molecule has 2 aromatic rings. The summed E-state index contributed by atoms with van der Waals surface area (Å²) in [6, 6.07) is 0. The Labute approximate surface area is 153 Å². The highest BCUT2D eigenvalue weighted by Gasteiger charge is 2.44. The number of nitrogen functional groups attached to an aromatic ring is 1. The molecule has 0 aromatic carbocycles. The molecule has 1 aliphatic heterocycles. The van der Waals surface area contributed by atoms with Crippen LogP contribution >= 0.6 is 29.5 Å².